The van der Waals surface area contributed by atoms with E-state index in [0.29, 0.717) is 18.9 Å². The van der Waals surface area contributed by atoms with Crippen molar-refractivity contribution in [2.45, 2.75) is 39.2 Å². The summed E-state index contributed by atoms with van der Waals surface area (Å²) in [6, 6.07) is 7.74. The Hall–Kier alpha value is -1.55. The van der Waals surface area contributed by atoms with Crippen molar-refractivity contribution in [1.29, 1.82) is 0 Å². The summed E-state index contributed by atoms with van der Waals surface area (Å²) in [6.45, 7) is 6.74. The number of carbonyl (C=O) groups excluding carboxylic acids is 1. The van der Waals surface area contributed by atoms with Crippen molar-refractivity contribution in [1.82, 2.24) is 5.32 Å². The van der Waals surface area contributed by atoms with Crippen LogP contribution in [0.5, 0.6) is 0 Å². The number of amides is 1. The van der Waals surface area contributed by atoms with Crippen LogP contribution in [-0.4, -0.2) is 25.7 Å². The highest BCUT2D eigenvalue weighted by atomic mass is 16.5. The third-order valence-electron chi connectivity index (χ3n) is 3.49. The quantitative estimate of drug-likeness (QED) is 0.753. The Morgan fingerprint density at radius 1 is 1.25 bits per heavy atom. The lowest BCUT2D eigenvalue weighted by molar-refractivity contribution is -0.122. The first-order valence-corrected chi connectivity index (χ1v) is 7.07. The van der Waals surface area contributed by atoms with E-state index in [2.05, 4.69) is 19.2 Å². The average Bonchev–Trinajstić information content (AvgIpc) is 2.38. The molecule has 2 atom stereocenters. The monoisotopic (exact) mass is 278 g/mol. The van der Waals surface area contributed by atoms with E-state index in [0.717, 1.165) is 11.3 Å². The molecule has 3 N–H and O–H groups in total. The van der Waals surface area contributed by atoms with Crippen LogP contribution in [0.1, 0.15) is 38.7 Å². The van der Waals surface area contributed by atoms with Gasteiger partial charge in [-0.25, -0.2) is 0 Å². The van der Waals surface area contributed by atoms with Crippen LogP contribution >= 0.6 is 0 Å². The molecule has 20 heavy (non-hydrogen) atoms. The van der Waals surface area contributed by atoms with E-state index < -0.39 is 0 Å². The van der Waals surface area contributed by atoms with Crippen molar-refractivity contribution in [2.24, 2.45) is 5.92 Å². The maximum absolute atomic E-state index is 12.1. The Bertz CT molecular complexity index is 415. The molecule has 1 rings (SSSR count). The first kappa shape index (κ1) is 16.5. The zero-order valence-electron chi connectivity index (χ0n) is 12.8. The van der Waals surface area contributed by atoms with E-state index in [1.54, 1.807) is 7.11 Å². The summed E-state index contributed by atoms with van der Waals surface area (Å²) in [4.78, 5) is 12.1. The third kappa shape index (κ3) is 5.21. The van der Waals surface area contributed by atoms with Crippen LogP contribution in [0, 0.1) is 5.92 Å². The van der Waals surface area contributed by atoms with Gasteiger partial charge in [-0.05, 0) is 29.5 Å². The van der Waals surface area contributed by atoms with Gasteiger partial charge in [-0.3, -0.25) is 4.79 Å². The van der Waals surface area contributed by atoms with E-state index in [4.69, 9.17) is 10.5 Å². The highest BCUT2D eigenvalue weighted by Crippen LogP contribution is 2.20. The standard InChI is InChI=1S/C16H26N2O2/c1-11(2)15(10-20-4)18-16(19)9-12(3)13-5-7-14(17)8-6-13/h5-8,11-12,15H,9-10,17H2,1-4H3,(H,18,19). The number of methoxy groups -OCH3 is 1. The molecular weight excluding hydrogens is 252 g/mol. The van der Waals surface area contributed by atoms with Crippen molar-refractivity contribution < 1.29 is 9.53 Å². The predicted octanol–water partition coefficient (Wildman–Crippen LogP) is 2.55. The summed E-state index contributed by atoms with van der Waals surface area (Å²) >= 11 is 0. The fourth-order valence-electron chi connectivity index (χ4n) is 2.07. The summed E-state index contributed by atoms with van der Waals surface area (Å²) in [6.07, 6.45) is 0.469. The van der Waals surface area contributed by atoms with Gasteiger partial charge in [-0.15, -0.1) is 0 Å². The smallest absolute Gasteiger partial charge is 0.220 e. The van der Waals surface area contributed by atoms with E-state index >= 15 is 0 Å². The average molecular weight is 278 g/mol. The molecule has 2 unspecified atom stereocenters. The molecule has 4 heteroatoms. The number of anilines is 1. The molecule has 0 aliphatic heterocycles. The van der Waals surface area contributed by atoms with Crippen LogP contribution in [-0.2, 0) is 9.53 Å². The molecule has 1 amide bonds. The van der Waals surface area contributed by atoms with E-state index in [-0.39, 0.29) is 17.9 Å². The van der Waals surface area contributed by atoms with E-state index in [1.807, 2.05) is 31.2 Å². The van der Waals surface area contributed by atoms with Crippen LogP contribution in [0.25, 0.3) is 0 Å². The molecule has 0 radical (unpaired) electrons. The van der Waals surface area contributed by atoms with Gasteiger partial charge >= 0.3 is 0 Å². The molecule has 0 aromatic heterocycles. The topological polar surface area (TPSA) is 64.3 Å². The zero-order chi connectivity index (χ0) is 15.1. The number of nitrogen functional groups attached to an aromatic ring is 1. The molecule has 112 valence electrons. The highest BCUT2D eigenvalue weighted by Gasteiger charge is 2.18. The number of nitrogens with one attached hydrogen (secondary N) is 1. The largest absolute Gasteiger partial charge is 0.399 e. The van der Waals surface area contributed by atoms with Gasteiger partial charge in [-0.2, -0.15) is 0 Å². The van der Waals surface area contributed by atoms with Gasteiger partial charge in [0.25, 0.3) is 0 Å². The lowest BCUT2D eigenvalue weighted by Gasteiger charge is -2.22. The molecule has 0 saturated carbocycles. The second kappa shape index (κ2) is 7.90. The normalized spacial score (nSPS) is 14.1. The van der Waals surface area contributed by atoms with Gasteiger partial charge in [-0.1, -0.05) is 32.9 Å². The first-order chi connectivity index (χ1) is 9.43. The second-order valence-electron chi connectivity index (χ2n) is 5.65. The molecule has 0 aliphatic rings. The van der Waals surface area contributed by atoms with Gasteiger partial charge in [0.15, 0.2) is 0 Å². The van der Waals surface area contributed by atoms with Crippen molar-refractivity contribution >= 4 is 11.6 Å². The number of rotatable bonds is 7. The van der Waals surface area contributed by atoms with Gasteiger partial charge in [0, 0.05) is 19.2 Å². The second-order valence-corrected chi connectivity index (χ2v) is 5.65. The minimum absolute atomic E-state index is 0.0603. The Balaban J connectivity index is 2.54. The van der Waals surface area contributed by atoms with Crippen LogP contribution in [0.15, 0.2) is 24.3 Å². The molecular formula is C16H26N2O2. The number of carbonyl (C=O) groups is 1. The molecule has 1 aromatic rings. The molecule has 0 heterocycles. The molecule has 0 saturated heterocycles. The molecule has 0 aliphatic carbocycles. The van der Waals surface area contributed by atoms with Crippen LogP contribution in [0.2, 0.25) is 0 Å². The zero-order valence-corrected chi connectivity index (χ0v) is 12.8. The Morgan fingerprint density at radius 2 is 1.85 bits per heavy atom. The number of benzene rings is 1. The molecule has 1 aromatic carbocycles. The van der Waals surface area contributed by atoms with Gasteiger partial charge in [0.1, 0.15) is 0 Å². The Kier molecular flexibility index (Phi) is 6.52. The maximum atomic E-state index is 12.1. The summed E-state index contributed by atoms with van der Waals surface area (Å²) in [5.74, 6) is 0.585. The fourth-order valence-corrected chi connectivity index (χ4v) is 2.07. The summed E-state index contributed by atoms with van der Waals surface area (Å²) in [5, 5.41) is 3.04. The minimum Gasteiger partial charge on any atom is -0.399 e. The lowest BCUT2D eigenvalue weighted by atomic mass is 9.96. The fraction of sp³-hybridized carbons (Fsp3) is 0.562. The summed E-state index contributed by atoms with van der Waals surface area (Å²) < 4.78 is 5.14. The van der Waals surface area contributed by atoms with Crippen LogP contribution in [0.3, 0.4) is 0 Å². The third-order valence-corrected chi connectivity index (χ3v) is 3.49. The Morgan fingerprint density at radius 3 is 2.35 bits per heavy atom. The van der Waals surface area contributed by atoms with Gasteiger partial charge < -0.3 is 15.8 Å². The van der Waals surface area contributed by atoms with Crippen LogP contribution in [0.4, 0.5) is 5.69 Å². The van der Waals surface area contributed by atoms with Gasteiger partial charge in [0.05, 0.1) is 12.6 Å². The molecule has 4 nitrogen and oxygen atoms in total. The van der Waals surface area contributed by atoms with Gasteiger partial charge in [0.2, 0.25) is 5.91 Å². The van der Waals surface area contributed by atoms with Crippen LogP contribution < -0.4 is 11.1 Å². The Labute approximate surface area is 121 Å². The molecule has 0 bridgehead atoms. The number of hydrogen-bond donors (Lipinski definition) is 2. The maximum Gasteiger partial charge on any atom is 0.220 e. The van der Waals surface area contributed by atoms with Crippen molar-refractivity contribution in [3.8, 4) is 0 Å². The summed E-state index contributed by atoms with van der Waals surface area (Å²) in [5.41, 5.74) is 7.54. The van der Waals surface area contributed by atoms with E-state index in [1.165, 1.54) is 0 Å². The molecule has 0 spiro atoms. The van der Waals surface area contributed by atoms with E-state index in [9.17, 15) is 4.79 Å². The predicted molar refractivity (Wildman–Crippen MR) is 82.5 cm³/mol. The number of ether oxygens (including phenoxy) is 1. The van der Waals surface area contributed by atoms with Crippen molar-refractivity contribution in [3.63, 3.8) is 0 Å². The minimum atomic E-state index is 0.0603. The highest BCUT2D eigenvalue weighted by molar-refractivity contribution is 5.77. The van der Waals surface area contributed by atoms with Crippen molar-refractivity contribution in [2.75, 3.05) is 19.5 Å². The summed E-state index contributed by atoms with van der Waals surface area (Å²) in [7, 11) is 1.65. The number of hydrogen-bond acceptors (Lipinski definition) is 3. The SMILES string of the molecule is COCC(NC(=O)CC(C)c1ccc(N)cc1)C(C)C. The molecule has 0 fully saturated rings. The van der Waals surface area contributed by atoms with Crippen molar-refractivity contribution in [3.05, 3.63) is 29.8 Å². The number of nitrogens with two attached hydrogens (primary N) is 1. The lowest BCUT2D eigenvalue weighted by Crippen LogP contribution is -2.41. The first-order valence-electron chi connectivity index (χ1n) is 7.07.